The SMILES string of the molecule is CCc1ccc(N2C(=O)NC(c3ccc(F)cc3)C(c3nc(-c4cccc(F)c4)no3)=C2C)cc1. The summed E-state index contributed by atoms with van der Waals surface area (Å²) in [7, 11) is 0. The molecule has 3 aromatic carbocycles. The molecule has 176 valence electrons. The minimum absolute atomic E-state index is 0.172. The van der Waals surface area contributed by atoms with Gasteiger partial charge in [-0.3, -0.25) is 4.90 Å². The molecule has 0 bridgehead atoms. The van der Waals surface area contributed by atoms with E-state index in [0.29, 0.717) is 28.1 Å². The van der Waals surface area contributed by atoms with E-state index in [2.05, 4.69) is 22.4 Å². The highest BCUT2D eigenvalue weighted by atomic mass is 19.1. The number of nitrogens with one attached hydrogen (secondary N) is 1. The average Bonchev–Trinajstić information content (AvgIpc) is 3.34. The second kappa shape index (κ2) is 9.13. The van der Waals surface area contributed by atoms with Crippen LogP contribution in [0.1, 0.15) is 36.9 Å². The van der Waals surface area contributed by atoms with Crippen molar-refractivity contribution in [2.75, 3.05) is 4.90 Å². The van der Waals surface area contributed by atoms with Gasteiger partial charge in [-0.1, -0.05) is 48.5 Å². The lowest BCUT2D eigenvalue weighted by atomic mass is 9.94. The number of hydrogen-bond donors (Lipinski definition) is 1. The minimum atomic E-state index is -0.657. The van der Waals surface area contributed by atoms with Crippen LogP contribution in [-0.4, -0.2) is 16.2 Å². The molecule has 0 fully saturated rings. The van der Waals surface area contributed by atoms with E-state index in [4.69, 9.17) is 4.52 Å². The number of urea groups is 1. The number of aryl methyl sites for hydroxylation is 1. The largest absolute Gasteiger partial charge is 0.334 e. The second-order valence-electron chi connectivity index (χ2n) is 8.22. The fourth-order valence-electron chi connectivity index (χ4n) is 4.19. The Labute approximate surface area is 200 Å². The van der Waals surface area contributed by atoms with Crippen molar-refractivity contribution < 1.29 is 18.1 Å². The van der Waals surface area contributed by atoms with Gasteiger partial charge in [0.1, 0.15) is 11.6 Å². The molecule has 2 amide bonds. The van der Waals surface area contributed by atoms with Crippen molar-refractivity contribution in [3.8, 4) is 11.4 Å². The summed E-state index contributed by atoms with van der Waals surface area (Å²) in [4.78, 5) is 19.3. The lowest BCUT2D eigenvalue weighted by Gasteiger charge is -2.35. The van der Waals surface area contributed by atoms with Crippen LogP contribution in [0.5, 0.6) is 0 Å². The summed E-state index contributed by atoms with van der Waals surface area (Å²) in [6.45, 7) is 3.86. The molecule has 1 N–H and O–H groups in total. The number of allylic oxidation sites excluding steroid dienone is 1. The Hall–Kier alpha value is -4.33. The molecule has 0 radical (unpaired) electrons. The third-order valence-corrected chi connectivity index (χ3v) is 6.03. The van der Waals surface area contributed by atoms with Crippen LogP contribution in [-0.2, 0) is 6.42 Å². The van der Waals surface area contributed by atoms with E-state index in [1.165, 1.54) is 24.3 Å². The number of benzene rings is 3. The fraction of sp³-hybridized carbons (Fsp3) is 0.148. The molecule has 35 heavy (non-hydrogen) atoms. The molecular weight excluding hydrogens is 450 g/mol. The fourth-order valence-corrected chi connectivity index (χ4v) is 4.19. The summed E-state index contributed by atoms with van der Waals surface area (Å²) < 4.78 is 33.0. The van der Waals surface area contributed by atoms with Gasteiger partial charge in [0.05, 0.1) is 17.3 Å². The smallest absolute Gasteiger partial charge is 0.326 e. The number of carbonyl (C=O) groups excluding carboxylic acids is 1. The predicted molar refractivity (Wildman–Crippen MR) is 128 cm³/mol. The maximum atomic E-state index is 13.7. The van der Waals surface area contributed by atoms with Crippen LogP contribution < -0.4 is 10.2 Å². The van der Waals surface area contributed by atoms with E-state index in [1.54, 1.807) is 36.1 Å². The van der Waals surface area contributed by atoms with Crippen molar-refractivity contribution in [1.29, 1.82) is 0 Å². The van der Waals surface area contributed by atoms with Gasteiger partial charge in [-0.25, -0.2) is 13.6 Å². The Morgan fingerprint density at radius 1 is 1.00 bits per heavy atom. The molecule has 2 heterocycles. The molecular formula is C27H22F2N4O2. The van der Waals surface area contributed by atoms with Crippen LogP contribution in [0, 0.1) is 11.6 Å². The van der Waals surface area contributed by atoms with Crippen LogP contribution in [0.15, 0.2) is 83.0 Å². The van der Waals surface area contributed by atoms with E-state index < -0.39 is 11.9 Å². The second-order valence-corrected chi connectivity index (χ2v) is 8.22. The van der Waals surface area contributed by atoms with E-state index in [9.17, 15) is 13.6 Å². The number of halogens is 2. The molecule has 0 saturated heterocycles. The van der Waals surface area contributed by atoms with Gasteiger partial charge in [-0.15, -0.1) is 0 Å². The number of anilines is 1. The van der Waals surface area contributed by atoms with E-state index in [-0.39, 0.29) is 23.6 Å². The lowest BCUT2D eigenvalue weighted by molar-refractivity contribution is 0.244. The molecule has 1 aromatic heterocycles. The van der Waals surface area contributed by atoms with E-state index in [0.717, 1.165) is 12.0 Å². The first-order valence-corrected chi connectivity index (χ1v) is 11.2. The summed E-state index contributed by atoms with van der Waals surface area (Å²) in [5, 5.41) is 7.03. The molecule has 4 aromatic rings. The number of hydrogen-bond acceptors (Lipinski definition) is 4. The Morgan fingerprint density at radius 3 is 2.43 bits per heavy atom. The van der Waals surface area contributed by atoms with Crippen molar-refractivity contribution in [1.82, 2.24) is 15.5 Å². The van der Waals surface area contributed by atoms with Crippen molar-refractivity contribution in [2.45, 2.75) is 26.3 Å². The minimum Gasteiger partial charge on any atom is -0.334 e. The van der Waals surface area contributed by atoms with Crippen molar-refractivity contribution in [3.05, 3.63) is 107 Å². The maximum absolute atomic E-state index is 13.7. The van der Waals surface area contributed by atoms with Crippen LogP contribution in [0.3, 0.4) is 0 Å². The lowest BCUT2D eigenvalue weighted by Crippen LogP contribution is -2.46. The monoisotopic (exact) mass is 472 g/mol. The zero-order valence-electron chi connectivity index (χ0n) is 19.1. The molecule has 5 rings (SSSR count). The van der Waals surface area contributed by atoms with Gasteiger partial charge >= 0.3 is 6.03 Å². The van der Waals surface area contributed by atoms with E-state index >= 15 is 0 Å². The zero-order valence-corrected chi connectivity index (χ0v) is 19.1. The summed E-state index contributed by atoms with van der Waals surface area (Å²) in [5.41, 5.74) is 4.09. The third-order valence-electron chi connectivity index (χ3n) is 6.03. The quantitative estimate of drug-likeness (QED) is 0.371. The molecule has 8 heteroatoms. The van der Waals surface area contributed by atoms with Crippen molar-refractivity contribution >= 4 is 17.3 Å². The van der Waals surface area contributed by atoms with Crippen molar-refractivity contribution in [3.63, 3.8) is 0 Å². The Morgan fingerprint density at radius 2 is 1.74 bits per heavy atom. The Kier molecular flexibility index (Phi) is 5.86. The summed E-state index contributed by atoms with van der Waals surface area (Å²) in [5.74, 6) is -0.415. The molecule has 1 aliphatic heterocycles. The highest BCUT2D eigenvalue weighted by molar-refractivity contribution is 6.01. The van der Waals surface area contributed by atoms with Crippen LogP contribution in [0.25, 0.3) is 17.0 Å². The van der Waals surface area contributed by atoms with Gasteiger partial charge in [0.2, 0.25) is 5.82 Å². The van der Waals surface area contributed by atoms with Gasteiger partial charge in [0.25, 0.3) is 5.89 Å². The maximum Gasteiger partial charge on any atom is 0.326 e. The van der Waals surface area contributed by atoms with Crippen LogP contribution in [0.2, 0.25) is 0 Å². The zero-order chi connectivity index (χ0) is 24.5. The summed E-state index contributed by atoms with van der Waals surface area (Å²) >= 11 is 0. The third kappa shape index (κ3) is 4.30. The highest BCUT2D eigenvalue weighted by Gasteiger charge is 2.36. The number of rotatable bonds is 5. The summed E-state index contributed by atoms with van der Waals surface area (Å²) in [6, 6.07) is 18.5. The van der Waals surface area contributed by atoms with Crippen LogP contribution in [0.4, 0.5) is 19.3 Å². The molecule has 1 atom stereocenters. The summed E-state index contributed by atoms with van der Waals surface area (Å²) in [6.07, 6.45) is 0.879. The van der Waals surface area contributed by atoms with Gasteiger partial charge in [-0.05, 0) is 60.9 Å². The van der Waals surface area contributed by atoms with Crippen molar-refractivity contribution in [2.24, 2.45) is 0 Å². The first-order chi connectivity index (χ1) is 16.9. The highest BCUT2D eigenvalue weighted by Crippen LogP contribution is 2.39. The van der Waals surface area contributed by atoms with Gasteiger partial charge in [0, 0.05) is 11.3 Å². The molecule has 1 aliphatic rings. The van der Waals surface area contributed by atoms with Crippen LogP contribution >= 0.6 is 0 Å². The average molecular weight is 472 g/mol. The molecule has 1 unspecified atom stereocenters. The van der Waals surface area contributed by atoms with Gasteiger partial charge < -0.3 is 9.84 Å². The Bertz CT molecular complexity index is 1410. The molecule has 0 spiro atoms. The molecule has 6 nitrogen and oxygen atoms in total. The topological polar surface area (TPSA) is 71.3 Å². The van der Waals surface area contributed by atoms with Gasteiger partial charge in [0.15, 0.2) is 0 Å². The molecule has 0 saturated carbocycles. The first kappa shape index (κ1) is 22.5. The predicted octanol–water partition coefficient (Wildman–Crippen LogP) is 6.28. The van der Waals surface area contributed by atoms with Gasteiger partial charge in [-0.2, -0.15) is 4.98 Å². The molecule has 0 aliphatic carbocycles. The number of nitrogens with zero attached hydrogens (tertiary/aromatic N) is 3. The Balaban J connectivity index is 1.64. The normalized spacial score (nSPS) is 15.9. The number of carbonyl (C=O) groups is 1. The standard InChI is InChI=1S/C27H22F2N4O2/c1-3-17-7-13-22(14-8-17)33-16(2)23(24(30-27(33)34)18-9-11-20(28)12-10-18)26-31-25(32-35-26)19-5-4-6-21(29)15-19/h4-15,24H,3H2,1-2H3,(H,30,34). The van der Waals surface area contributed by atoms with E-state index in [1.807, 2.05) is 24.3 Å². The first-order valence-electron chi connectivity index (χ1n) is 11.2. The number of amides is 2. The number of aromatic nitrogens is 2.